The first-order valence-corrected chi connectivity index (χ1v) is 7.33. The van der Waals surface area contributed by atoms with Crippen LogP contribution in [-0.2, 0) is 4.79 Å². The minimum Gasteiger partial charge on any atom is -0.355 e. The summed E-state index contributed by atoms with van der Waals surface area (Å²) < 4.78 is 0. The summed E-state index contributed by atoms with van der Waals surface area (Å²) in [6.45, 7) is 6.72. The van der Waals surface area contributed by atoms with Crippen LogP contribution in [-0.4, -0.2) is 49.6 Å². The van der Waals surface area contributed by atoms with Crippen molar-refractivity contribution in [1.82, 2.24) is 15.5 Å². The monoisotopic (exact) mass is 255 g/mol. The molecule has 0 saturated carbocycles. The lowest BCUT2D eigenvalue weighted by molar-refractivity contribution is -0.122. The molecule has 18 heavy (non-hydrogen) atoms. The van der Waals surface area contributed by atoms with Gasteiger partial charge in [0.2, 0.25) is 5.91 Å². The fourth-order valence-corrected chi connectivity index (χ4v) is 2.42. The van der Waals surface area contributed by atoms with Gasteiger partial charge in [-0.05, 0) is 46.2 Å². The van der Waals surface area contributed by atoms with Crippen LogP contribution in [0.4, 0.5) is 0 Å². The maximum Gasteiger partial charge on any atom is 0.234 e. The van der Waals surface area contributed by atoms with Crippen molar-refractivity contribution < 1.29 is 4.79 Å². The highest BCUT2D eigenvalue weighted by Gasteiger charge is 2.19. The molecule has 2 N–H and O–H groups in total. The third kappa shape index (κ3) is 5.83. The quantitative estimate of drug-likeness (QED) is 0.722. The summed E-state index contributed by atoms with van der Waals surface area (Å²) in [7, 11) is 2.04. The summed E-state index contributed by atoms with van der Waals surface area (Å²) in [5, 5.41) is 6.49. The average molecular weight is 255 g/mol. The van der Waals surface area contributed by atoms with Gasteiger partial charge in [-0.15, -0.1) is 0 Å². The molecular formula is C14H29N3O. The fraction of sp³-hybridized carbons (Fsp3) is 0.929. The number of hydrogen-bond donors (Lipinski definition) is 2. The lowest BCUT2D eigenvalue weighted by atomic mass is 9.98. The van der Waals surface area contributed by atoms with Crippen molar-refractivity contribution in [3.05, 3.63) is 0 Å². The van der Waals surface area contributed by atoms with Crippen molar-refractivity contribution >= 4 is 5.91 Å². The van der Waals surface area contributed by atoms with Crippen LogP contribution >= 0.6 is 0 Å². The summed E-state index contributed by atoms with van der Waals surface area (Å²) in [5.74, 6) is 0.141. The fourth-order valence-electron chi connectivity index (χ4n) is 2.42. The average Bonchev–Trinajstić information content (AvgIpc) is 2.37. The van der Waals surface area contributed by atoms with Crippen LogP contribution in [0, 0.1) is 0 Å². The molecule has 1 fully saturated rings. The Morgan fingerprint density at radius 1 is 1.50 bits per heavy atom. The number of nitrogens with zero attached hydrogens (tertiary/aromatic N) is 1. The van der Waals surface area contributed by atoms with Crippen molar-refractivity contribution in [2.24, 2.45) is 0 Å². The van der Waals surface area contributed by atoms with Gasteiger partial charge in [-0.2, -0.15) is 0 Å². The normalized spacial score (nSPS) is 21.9. The number of likely N-dealkylation sites (N-methyl/N-ethyl adjacent to an activating group) is 1. The second kappa shape index (κ2) is 8.48. The molecule has 1 aliphatic rings. The summed E-state index contributed by atoms with van der Waals surface area (Å²) in [4.78, 5) is 13.8. The van der Waals surface area contributed by atoms with E-state index in [1.165, 1.54) is 19.3 Å². The van der Waals surface area contributed by atoms with Crippen molar-refractivity contribution in [2.75, 3.05) is 26.7 Å². The number of hydrogen-bond acceptors (Lipinski definition) is 3. The molecule has 4 heteroatoms. The zero-order valence-electron chi connectivity index (χ0n) is 12.2. The molecule has 106 valence electrons. The Hall–Kier alpha value is -0.610. The third-order valence-corrected chi connectivity index (χ3v) is 3.76. The van der Waals surface area contributed by atoms with Gasteiger partial charge in [0.05, 0.1) is 6.54 Å². The van der Waals surface area contributed by atoms with E-state index in [2.05, 4.69) is 29.4 Å². The van der Waals surface area contributed by atoms with Gasteiger partial charge in [0.15, 0.2) is 0 Å². The number of carbonyl (C=O) groups is 1. The van der Waals surface area contributed by atoms with Crippen molar-refractivity contribution in [1.29, 1.82) is 0 Å². The zero-order chi connectivity index (χ0) is 13.4. The molecule has 0 bridgehead atoms. The first-order chi connectivity index (χ1) is 8.63. The number of carbonyl (C=O) groups excluding carboxylic acids is 1. The summed E-state index contributed by atoms with van der Waals surface area (Å²) in [5.41, 5.74) is 0. The SMILES string of the molecule is CCCNC(=O)CN(C)C(C)CC1CCCCN1. The Labute approximate surface area is 111 Å². The number of amides is 1. The Kier molecular flexibility index (Phi) is 7.28. The molecule has 1 saturated heterocycles. The molecule has 2 unspecified atom stereocenters. The van der Waals surface area contributed by atoms with E-state index < -0.39 is 0 Å². The maximum atomic E-state index is 11.6. The van der Waals surface area contributed by atoms with Gasteiger partial charge >= 0.3 is 0 Å². The molecule has 0 radical (unpaired) electrons. The molecule has 1 heterocycles. The molecule has 1 rings (SSSR count). The largest absolute Gasteiger partial charge is 0.355 e. The lowest BCUT2D eigenvalue weighted by Gasteiger charge is -2.30. The number of piperidine rings is 1. The predicted octanol–water partition coefficient (Wildman–Crippen LogP) is 1.37. The van der Waals surface area contributed by atoms with Gasteiger partial charge in [0, 0.05) is 18.6 Å². The molecule has 0 aliphatic carbocycles. The predicted molar refractivity (Wildman–Crippen MR) is 75.7 cm³/mol. The second-order valence-corrected chi connectivity index (χ2v) is 5.50. The maximum absolute atomic E-state index is 11.6. The van der Waals surface area contributed by atoms with Gasteiger partial charge in [-0.1, -0.05) is 13.3 Å². The second-order valence-electron chi connectivity index (χ2n) is 5.50. The topological polar surface area (TPSA) is 44.4 Å². The standard InChI is InChI=1S/C14H29N3O/c1-4-8-16-14(18)11-17(3)12(2)10-13-7-5-6-9-15-13/h12-13,15H,4-11H2,1-3H3,(H,16,18). The first-order valence-electron chi connectivity index (χ1n) is 7.33. The van der Waals surface area contributed by atoms with Crippen LogP contribution in [0.15, 0.2) is 0 Å². The van der Waals surface area contributed by atoms with Gasteiger partial charge in [0.1, 0.15) is 0 Å². The van der Waals surface area contributed by atoms with Gasteiger partial charge in [-0.3, -0.25) is 9.69 Å². The molecule has 4 nitrogen and oxygen atoms in total. The first kappa shape index (κ1) is 15.4. The molecule has 0 aromatic heterocycles. The van der Waals surface area contributed by atoms with Crippen LogP contribution in [0.1, 0.15) is 46.0 Å². The highest BCUT2D eigenvalue weighted by Crippen LogP contribution is 2.14. The summed E-state index contributed by atoms with van der Waals surface area (Å²) >= 11 is 0. The Bertz CT molecular complexity index is 239. The van der Waals surface area contributed by atoms with E-state index in [9.17, 15) is 4.79 Å². The van der Waals surface area contributed by atoms with E-state index in [0.717, 1.165) is 25.9 Å². The molecule has 0 spiro atoms. The molecule has 2 atom stereocenters. The van der Waals surface area contributed by atoms with Gasteiger partial charge in [0.25, 0.3) is 0 Å². The molecule has 0 aromatic rings. The Morgan fingerprint density at radius 3 is 2.89 bits per heavy atom. The summed E-state index contributed by atoms with van der Waals surface area (Å²) in [6.07, 6.45) is 6.06. The minimum atomic E-state index is 0.141. The van der Waals surface area contributed by atoms with Gasteiger partial charge in [-0.25, -0.2) is 0 Å². The highest BCUT2D eigenvalue weighted by atomic mass is 16.2. The van der Waals surface area contributed by atoms with Gasteiger partial charge < -0.3 is 10.6 Å². The minimum absolute atomic E-state index is 0.141. The Morgan fingerprint density at radius 2 is 2.28 bits per heavy atom. The molecular weight excluding hydrogens is 226 g/mol. The van der Waals surface area contributed by atoms with E-state index in [4.69, 9.17) is 0 Å². The number of nitrogens with one attached hydrogen (secondary N) is 2. The lowest BCUT2D eigenvalue weighted by Crippen LogP contribution is -2.44. The highest BCUT2D eigenvalue weighted by molar-refractivity contribution is 5.77. The van der Waals surface area contributed by atoms with E-state index >= 15 is 0 Å². The number of rotatable bonds is 7. The summed E-state index contributed by atoms with van der Waals surface area (Å²) in [6, 6.07) is 1.09. The van der Waals surface area contributed by atoms with Crippen molar-refractivity contribution in [3.63, 3.8) is 0 Å². The molecule has 0 aromatic carbocycles. The molecule has 1 aliphatic heterocycles. The van der Waals surface area contributed by atoms with Crippen LogP contribution in [0.5, 0.6) is 0 Å². The zero-order valence-corrected chi connectivity index (χ0v) is 12.2. The van der Waals surface area contributed by atoms with Crippen LogP contribution in [0.3, 0.4) is 0 Å². The van der Waals surface area contributed by atoms with E-state index in [1.807, 2.05) is 7.05 Å². The van der Waals surface area contributed by atoms with Crippen molar-refractivity contribution in [2.45, 2.75) is 58.0 Å². The van der Waals surface area contributed by atoms with Crippen LogP contribution in [0.25, 0.3) is 0 Å². The van der Waals surface area contributed by atoms with Crippen molar-refractivity contribution in [3.8, 4) is 0 Å². The van der Waals surface area contributed by atoms with E-state index in [0.29, 0.717) is 18.6 Å². The van der Waals surface area contributed by atoms with E-state index in [1.54, 1.807) is 0 Å². The Balaban J connectivity index is 2.22. The molecule has 1 amide bonds. The van der Waals surface area contributed by atoms with Crippen LogP contribution < -0.4 is 10.6 Å². The third-order valence-electron chi connectivity index (χ3n) is 3.76. The van der Waals surface area contributed by atoms with E-state index in [-0.39, 0.29) is 5.91 Å². The van der Waals surface area contributed by atoms with Crippen LogP contribution in [0.2, 0.25) is 0 Å². The smallest absolute Gasteiger partial charge is 0.234 e.